The van der Waals surface area contributed by atoms with Gasteiger partial charge in [-0.15, -0.1) is 0 Å². The molecule has 0 atom stereocenters. The normalized spacial score (nSPS) is 11.8. The van der Waals surface area contributed by atoms with Crippen molar-refractivity contribution in [3.05, 3.63) is 41.2 Å². The molecule has 10 heteroatoms. The minimum atomic E-state index is -4.65. The highest BCUT2D eigenvalue weighted by Crippen LogP contribution is 2.34. The third-order valence-corrected chi connectivity index (χ3v) is 3.14. The van der Waals surface area contributed by atoms with Crippen LogP contribution < -0.4 is 10.6 Å². The zero-order valence-electron chi connectivity index (χ0n) is 14.1. The first-order valence-corrected chi connectivity index (χ1v) is 7.79. The summed E-state index contributed by atoms with van der Waals surface area (Å²) in [7, 11) is 0. The molecule has 0 radical (unpaired) electrons. The van der Waals surface area contributed by atoms with Crippen LogP contribution >= 0.6 is 11.6 Å². The van der Waals surface area contributed by atoms with Crippen molar-refractivity contribution in [1.29, 1.82) is 0 Å². The fourth-order valence-electron chi connectivity index (χ4n) is 1.85. The number of halogens is 4. The first-order valence-electron chi connectivity index (χ1n) is 7.41. The lowest BCUT2D eigenvalue weighted by Crippen LogP contribution is -2.27. The predicted octanol–water partition coefficient (Wildman–Crippen LogP) is 5.24. The number of aromatic nitrogens is 2. The van der Waals surface area contributed by atoms with Crippen molar-refractivity contribution < 1.29 is 22.7 Å². The van der Waals surface area contributed by atoms with Gasteiger partial charge in [-0.1, -0.05) is 23.7 Å². The number of benzene rings is 1. The number of alkyl halides is 3. The smallest absolute Gasteiger partial charge is 0.420 e. The number of carbonyl (C=O) groups is 1. The van der Waals surface area contributed by atoms with Crippen molar-refractivity contribution in [3.8, 4) is 0 Å². The van der Waals surface area contributed by atoms with Gasteiger partial charge in [0.2, 0.25) is 5.95 Å². The van der Waals surface area contributed by atoms with Crippen molar-refractivity contribution in [2.75, 3.05) is 10.6 Å². The van der Waals surface area contributed by atoms with E-state index >= 15 is 0 Å². The number of nitrogens with one attached hydrogen (secondary N) is 2. The lowest BCUT2D eigenvalue weighted by molar-refractivity contribution is -0.137. The molecule has 1 heterocycles. The lowest BCUT2D eigenvalue weighted by atomic mass is 10.2. The van der Waals surface area contributed by atoms with E-state index in [1.807, 2.05) is 0 Å². The molecule has 0 spiro atoms. The summed E-state index contributed by atoms with van der Waals surface area (Å²) in [6.45, 7) is 5.15. The Morgan fingerprint density at radius 3 is 2.31 bits per heavy atom. The fourth-order valence-corrected chi connectivity index (χ4v) is 2.08. The number of hydrogen-bond donors (Lipinski definition) is 2. The van der Waals surface area contributed by atoms with Crippen LogP contribution in [0.3, 0.4) is 0 Å². The molecule has 0 aliphatic heterocycles. The van der Waals surface area contributed by atoms with Crippen LogP contribution in [0.25, 0.3) is 0 Å². The maximum absolute atomic E-state index is 12.7. The van der Waals surface area contributed by atoms with Crippen LogP contribution in [0.2, 0.25) is 5.15 Å². The fraction of sp³-hybridized carbons (Fsp3) is 0.312. The minimum absolute atomic E-state index is 0.151. The Balaban J connectivity index is 2.21. The molecule has 0 aliphatic rings. The number of hydrogen-bond acceptors (Lipinski definition) is 5. The highest BCUT2D eigenvalue weighted by molar-refractivity contribution is 6.30. The largest absolute Gasteiger partial charge is 0.444 e. The van der Waals surface area contributed by atoms with Crippen LogP contribution in [0.1, 0.15) is 26.3 Å². The van der Waals surface area contributed by atoms with E-state index < -0.39 is 28.6 Å². The first-order chi connectivity index (χ1) is 12.0. The molecule has 2 N–H and O–H groups in total. The Morgan fingerprint density at radius 1 is 1.15 bits per heavy atom. The Labute approximate surface area is 152 Å². The van der Waals surface area contributed by atoms with Gasteiger partial charge in [0.25, 0.3) is 0 Å². The predicted molar refractivity (Wildman–Crippen MR) is 91.6 cm³/mol. The van der Waals surface area contributed by atoms with Crippen LogP contribution in [0.4, 0.5) is 35.3 Å². The van der Waals surface area contributed by atoms with E-state index in [4.69, 9.17) is 16.3 Å². The highest BCUT2D eigenvalue weighted by atomic mass is 35.5. The van der Waals surface area contributed by atoms with E-state index in [-0.39, 0.29) is 5.95 Å². The monoisotopic (exact) mass is 388 g/mol. The second kappa shape index (κ2) is 7.36. The second-order valence-corrected chi connectivity index (χ2v) is 6.55. The third kappa shape index (κ3) is 5.48. The summed E-state index contributed by atoms with van der Waals surface area (Å²) in [5, 5.41) is 4.53. The molecule has 1 aromatic carbocycles. The molecule has 2 aromatic rings. The molecule has 1 amide bonds. The summed E-state index contributed by atoms with van der Waals surface area (Å²) in [6, 6.07) is 6.49. The van der Waals surface area contributed by atoms with Crippen LogP contribution in [0.5, 0.6) is 0 Å². The Bertz CT molecular complexity index is 807. The maximum Gasteiger partial charge on any atom is 0.420 e. The number of anilines is 3. The van der Waals surface area contributed by atoms with Gasteiger partial charge in [0.05, 0.1) is 11.4 Å². The Hall–Kier alpha value is -2.55. The standard InChI is InChI=1S/C16H16ClF3N4O2/c1-15(2,3)26-14(25)23-11-7-5-4-6-10(11)22-13-21-8-9(12(17)24-13)16(18,19)20/h4-8H,1-3H3,(H,23,25)(H,21,22,24). The summed E-state index contributed by atoms with van der Waals surface area (Å²) in [5.74, 6) is -0.151. The number of rotatable bonds is 3. The van der Waals surface area contributed by atoms with Crippen molar-refractivity contribution >= 4 is 35.0 Å². The number of para-hydroxylation sites is 2. The molecule has 0 saturated carbocycles. The molecule has 140 valence electrons. The Morgan fingerprint density at radius 2 is 1.77 bits per heavy atom. The number of amides is 1. The number of ether oxygens (including phenoxy) is 1. The van der Waals surface area contributed by atoms with Crippen molar-refractivity contribution in [2.24, 2.45) is 0 Å². The Kier molecular flexibility index (Phi) is 5.60. The van der Waals surface area contributed by atoms with Crippen LogP contribution in [-0.2, 0) is 10.9 Å². The van der Waals surface area contributed by atoms with E-state index in [0.717, 1.165) is 0 Å². The SMILES string of the molecule is CC(C)(C)OC(=O)Nc1ccccc1Nc1ncc(C(F)(F)F)c(Cl)n1. The molecule has 0 unspecified atom stereocenters. The molecule has 26 heavy (non-hydrogen) atoms. The van der Waals surface area contributed by atoms with Crippen LogP contribution in [-0.4, -0.2) is 21.7 Å². The third-order valence-electron chi connectivity index (χ3n) is 2.86. The second-order valence-electron chi connectivity index (χ2n) is 6.19. The maximum atomic E-state index is 12.7. The number of carbonyl (C=O) groups excluding carboxylic acids is 1. The summed E-state index contributed by atoms with van der Waals surface area (Å²) in [6.07, 6.45) is -4.74. The molecular weight excluding hydrogens is 373 g/mol. The molecule has 2 rings (SSSR count). The molecule has 0 saturated heterocycles. The van der Waals surface area contributed by atoms with Gasteiger partial charge in [-0.2, -0.15) is 13.2 Å². The van der Waals surface area contributed by atoms with Gasteiger partial charge in [0, 0.05) is 6.20 Å². The molecule has 0 bridgehead atoms. The average molecular weight is 389 g/mol. The topological polar surface area (TPSA) is 76.1 Å². The van der Waals surface area contributed by atoms with Crippen LogP contribution in [0.15, 0.2) is 30.5 Å². The number of nitrogens with zero attached hydrogens (tertiary/aromatic N) is 2. The summed E-state index contributed by atoms with van der Waals surface area (Å²) in [4.78, 5) is 19.1. The zero-order chi connectivity index (χ0) is 19.5. The summed E-state index contributed by atoms with van der Waals surface area (Å²) >= 11 is 5.58. The zero-order valence-corrected chi connectivity index (χ0v) is 14.9. The van der Waals surface area contributed by atoms with E-state index in [9.17, 15) is 18.0 Å². The molecule has 0 aliphatic carbocycles. The summed E-state index contributed by atoms with van der Waals surface area (Å²) in [5.41, 5.74) is -1.13. The van der Waals surface area contributed by atoms with Gasteiger partial charge in [0.15, 0.2) is 0 Å². The van der Waals surface area contributed by atoms with Gasteiger partial charge >= 0.3 is 12.3 Å². The van der Waals surface area contributed by atoms with Crippen molar-refractivity contribution in [3.63, 3.8) is 0 Å². The van der Waals surface area contributed by atoms with E-state index in [1.54, 1.807) is 45.0 Å². The minimum Gasteiger partial charge on any atom is -0.444 e. The molecular formula is C16H16ClF3N4O2. The molecule has 0 fully saturated rings. The quantitative estimate of drug-likeness (QED) is 0.703. The van der Waals surface area contributed by atoms with E-state index in [2.05, 4.69) is 20.6 Å². The van der Waals surface area contributed by atoms with E-state index in [0.29, 0.717) is 17.6 Å². The van der Waals surface area contributed by atoms with Crippen molar-refractivity contribution in [1.82, 2.24) is 9.97 Å². The van der Waals surface area contributed by atoms with Crippen molar-refractivity contribution in [2.45, 2.75) is 32.5 Å². The summed E-state index contributed by atoms with van der Waals surface area (Å²) < 4.78 is 43.3. The average Bonchev–Trinajstić information content (AvgIpc) is 2.46. The molecule has 6 nitrogen and oxygen atoms in total. The lowest BCUT2D eigenvalue weighted by Gasteiger charge is -2.20. The van der Waals surface area contributed by atoms with Gasteiger partial charge in [-0.3, -0.25) is 5.32 Å². The first kappa shape index (κ1) is 19.8. The van der Waals surface area contributed by atoms with Gasteiger partial charge in [-0.05, 0) is 32.9 Å². The van der Waals surface area contributed by atoms with Gasteiger partial charge in [-0.25, -0.2) is 14.8 Å². The van der Waals surface area contributed by atoms with Gasteiger partial charge in [0.1, 0.15) is 16.3 Å². The highest BCUT2D eigenvalue weighted by Gasteiger charge is 2.34. The van der Waals surface area contributed by atoms with Gasteiger partial charge < -0.3 is 10.1 Å². The molecule has 1 aromatic heterocycles. The van der Waals surface area contributed by atoms with E-state index in [1.165, 1.54) is 0 Å². The van der Waals surface area contributed by atoms with Crippen LogP contribution in [0, 0.1) is 0 Å².